The molecule has 0 spiro atoms. The van der Waals surface area contributed by atoms with Crippen molar-refractivity contribution in [3.8, 4) is 5.75 Å². The Labute approximate surface area is 136 Å². The number of ether oxygens (including phenoxy) is 1. The molecule has 0 radical (unpaired) electrons. The minimum Gasteiger partial charge on any atom is -0.497 e. The molecule has 4 nitrogen and oxygen atoms in total. The summed E-state index contributed by atoms with van der Waals surface area (Å²) in [6.45, 7) is 0. The van der Waals surface area contributed by atoms with Crippen molar-refractivity contribution in [2.45, 2.75) is 6.04 Å². The number of carbonyl (C=O) groups is 1. The van der Waals surface area contributed by atoms with E-state index in [0.29, 0.717) is 10.6 Å². The summed E-state index contributed by atoms with van der Waals surface area (Å²) >= 11 is 9.51. The molecule has 21 heavy (non-hydrogen) atoms. The smallest absolute Gasteiger partial charge is 0.244 e. The van der Waals surface area contributed by atoms with E-state index in [1.807, 2.05) is 18.2 Å². The lowest BCUT2D eigenvalue weighted by Crippen LogP contribution is -2.28. The number of anilines is 1. The van der Waals surface area contributed by atoms with E-state index < -0.39 is 11.9 Å². The fourth-order valence-electron chi connectivity index (χ4n) is 1.89. The monoisotopic (exact) mass is 368 g/mol. The van der Waals surface area contributed by atoms with Crippen LogP contribution in [0.3, 0.4) is 0 Å². The first-order chi connectivity index (χ1) is 10.0. The van der Waals surface area contributed by atoms with Gasteiger partial charge in [-0.15, -0.1) is 0 Å². The van der Waals surface area contributed by atoms with Crippen LogP contribution in [0.15, 0.2) is 46.9 Å². The van der Waals surface area contributed by atoms with Gasteiger partial charge in [-0.2, -0.15) is 0 Å². The van der Waals surface area contributed by atoms with Crippen molar-refractivity contribution < 1.29 is 9.53 Å². The van der Waals surface area contributed by atoms with Crippen LogP contribution in [0.4, 0.5) is 5.69 Å². The summed E-state index contributed by atoms with van der Waals surface area (Å²) in [5.74, 6) is 0.230. The molecular formula is C15H14BrClN2O2. The fourth-order valence-corrected chi connectivity index (χ4v) is 2.67. The molecule has 1 atom stereocenters. The number of benzene rings is 2. The van der Waals surface area contributed by atoms with Gasteiger partial charge in [0.2, 0.25) is 5.91 Å². The number of hydrogen-bond donors (Lipinski definition) is 2. The van der Waals surface area contributed by atoms with Crippen LogP contribution in [-0.2, 0) is 4.79 Å². The number of primary amides is 1. The summed E-state index contributed by atoms with van der Waals surface area (Å²) < 4.78 is 5.93. The summed E-state index contributed by atoms with van der Waals surface area (Å²) in [5, 5.41) is 3.54. The minimum absolute atomic E-state index is 0.467. The van der Waals surface area contributed by atoms with E-state index in [4.69, 9.17) is 22.1 Å². The predicted octanol–water partition coefficient (Wildman–Crippen LogP) is 3.75. The highest BCUT2D eigenvalue weighted by Gasteiger charge is 2.20. The van der Waals surface area contributed by atoms with E-state index >= 15 is 0 Å². The first kappa shape index (κ1) is 15.7. The largest absolute Gasteiger partial charge is 0.497 e. The number of halogens is 2. The van der Waals surface area contributed by atoms with Crippen molar-refractivity contribution in [2.75, 3.05) is 12.4 Å². The SMILES string of the molecule is COc1ccc(NC(C(N)=O)c2ccc(Br)cc2Cl)cc1. The lowest BCUT2D eigenvalue weighted by Gasteiger charge is -2.18. The normalized spacial score (nSPS) is 11.8. The minimum atomic E-state index is -0.709. The van der Waals surface area contributed by atoms with Crippen LogP contribution < -0.4 is 15.8 Å². The van der Waals surface area contributed by atoms with E-state index in [9.17, 15) is 4.79 Å². The molecule has 0 aliphatic heterocycles. The van der Waals surface area contributed by atoms with Crippen molar-refractivity contribution in [3.63, 3.8) is 0 Å². The van der Waals surface area contributed by atoms with Crippen molar-refractivity contribution in [2.24, 2.45) is 5.73 Å². The average Bonchev–Trinajstić information content (AvgIpc) is 2.46. The number of nitrogens with two attached hydrogens (primary N) is 1. The van der Waals surface area contributed by atoms with Gasteiger partial charge in [0.05, 0.1) is 7.11 Å². The summed E-state index contributed by atoms with van der Waals surface area (Å²) in [4.78, 5) is 11.7. The molecule has 0 bridgehead atoms. The highest BCUT2D eigenvalue weighted by Crippen LogP contribution is 2.29. The third-order valence-corrected chi connectivity index (χ3v) is 3.78. The van der Waals surface area contributed by atoms with Crippen LogP contribution in [-0.4, -0.2) is 13.0 Å². The molecule has 0 fully saturated rings. The van der Waals surface area contributed by atoms with Gasteiger partial charge in [0.1, 0.15) is 11.8 Å². The van der Waals surface area contributed by atoms with Gasteiger partial charge in [-0.1, -0.05) is 33.6 Å². The summed E-state index contributed by atoms with van der Waals surface area (Å²) in [7, 11) is 1.59. The maximum Gasteiger partial charge on any atom is 0.244 e. The molecule has 0 aliphatic rings. The third-order valence-electron chi connectivity index (χ3n) is 2.96. The Kier molecular flexibility index (Phi) is 5.09. The second-order valence-electron chi connectivity index (χ2n) is 4.37. The zero-order chi connectivity index (χ0) is 15.4. The zero-order valence-electron chi connectivity index (χ0n) is 11.3. The Morgan fingerprint density at radius 2 is 1.95 bits per heavy atom. The van der Waals surface area contributed by atoms with Gasteiger partial charge in [0.25, 0.3) is 0 Å². The Balaban J connectivity index is 2.28. The highest BCUT2D eigenvalue weighted by atomic mass is 79.9. The molecule has 0 heterocycles. The van der Waals surface area contributed by atoms with Crippen molar-refractivity contribution in [1.82, 2.24) is 0 Å². The van der Waals surface area contributed by atoms with E-state index in [1.54, 1.807) is 31.4 Å². The maximum atomic E-state index is 11.7. The Hall–Kier alpha value is -1.72. The summed E-state index contributed by atoms with van der Waals surface area (Å²) in [6, 6.07) is 11.8. The molecule has 1 unspecified atom stereocenters. The molecule has 0 aliphatic carbocycles. The predicted molar refractivity (Wildman–Crippen MR) is 87.7 cm³/mol. The van der Waals surface area contributed by atoms with Crippen molar-refractivity contribution in [1.29, 1.82) is 0 Å². The Morgan fingerprint density at radius 3 is 2.48 bits per heavy atom. The van der Waals surface area contributed by atoms with Crippen molar-refractivity contribution in [3.05, 3.63) is 57.5 Å². The molecule has 3 N–H and O–H groups in total. The van der Waals surface area contributed by atoms with Gasteiger partial charge < -0.3 is 15.8 Å². The molecule has 6 heteroatoms. The number of carbonyl (C=O) groups excluding carboxylic acids is 1. The van der Waals surface area contributed by atoms with Gasteiger partial charge >= 0.3 is 0 Å². The van der Waals surface area contributed by atoms with E-state index in [2.05, 4.69) is 21.2 Å². The van der Waals surface area contributed by atoms with Crippen LogP contribution in [0.25, 0.3) is 0 Å². The lowest BCUT2D eigenvalue weighted by atomic mass is 10.1. The molecular weight excluding hydrogens is 356 g/mol. The first-order valence-corrected chi connectivity index (χ1v) is 7.33. The second-order valence-corrected chi connectivity index (χ2v) is 5.70. The number of rotatable bonds is 5. The van der Waals surface area contributed by atoms with Gasteiger partial charge in [0, 0.05) is 20.7 Å². The van der Waals surface area contributed by atoms with E-state index in [0.717, 1.165) is 15.9 Å². The standard InChI is InChI=1S/C15H14BrClN2O2/c1-21-11-5-3-10(4-6-11)19-14(15(18)20)12-7-2-9(16)8-13(12)17/h2-8,14,19H,1H3,(H2,18,20). The van der Waals surface area contributed by atoms with Gasteiger partial charge in [-0.25, -0.2) is 0 Å². The Bertz CT molecular complexity index is 647. The zero-order valence-corrected chi connectivity index (χ0v) is 13.6. The molecule has 110 valence electrons. The highest BCUT2D eigenvalue weighted by molar-refractivity contribution is 9.10. The van der Waals surface area contributed by atoms with Crippen LogP contribution in [0, 0.1) is 0 Å². The number of methoxy groups -OCH3 is 1. The quantitative estimate of drug-likeness (QED) is 0.843. The van der Waals surface area contributed by atoms with Gasteiger partial charge in [-0.3, -0.25) is 4.79 Å². The first-order valence-electron chi connectivity index (χ1n) is 6.16. The van der Waals surface area contributed by atoms with Crippen LogP contribution >= 0.6 is 27.5 Å². The molecule has 2 rings (SSSR count). The number of amides is 1. The number of hydrogen-bond acceptors (Lipinski definition) is 3. The maximum absolute atomic E-state index is 11.7. The fraction of sp³-hybridized carbons (Fsp3) is 0.133. The van der Waals surface area contributed by atoms with Gasteiger partial charge in [0.15, 0.2) is 0 Å². The molecule has 2 aromatic carbocycles. The summed E-state index contributed by atoms with van der Waals surface area (Å²) in [5.41, 5.74) is 6.86. The molecule has 0 aromatic heterocycles. The molecule has 1 amide bonds. The second kappa shape index (κ2) is 6.83. The topological polar surface area (TPSA) is 64.3 Å². The Morgan fingerprint density at radius 1 is 1.29 bits per heavy atom. The van der Waals surface area contributed by atoms with Crippen LogP contribution in [0.1, 0.15) is 11.6 Å². The van der Waals surface area contributed by atoms with Crippen LogP contribution in [0.2, 0.25) is 5.02 Å². The van der Waals surface area contributed by atoms with Crippen molar-refractivity contribution >= 4 is 39.1 Å². The summed E-state index contributed by atoms with van der Waals surface area (Å²) in [6.07, 6.45) is 0. The lowest BCUT2D eigenvalue weighted by molar-refractivity contribution is -0.118. The van der Waals surface area contributed by atoms with Crippen LogP contribution in [0.5, 0.6) is 5.75 Å². The third kappa shape index (κ3) is 3.89. The average molecular weight is 370 g/mol. The van der Waals surface area contributed by atoms with E-state index in [-0.39, 0.29) is 0 Å². The van der Waals surface area contributed by atoms with E-state index in [1.165, 1.54) is 0 Å². The molecule has 0 saturated heterocycles. The van der Waals surface area contributed by atoms with Gasteiger partial charge in [-0.05, 0) is 36.4 Å². The molecule has 2 aromatic rings. The molecule has 0 saturated carbocycles. The number of nitrogens with one attached hydrogen (secondary N) is 1.